The number of nitrogens with zero attached hydrogens (tertiary/aromatic N) is 4. The van der Waals surface area contributed by atoms with Crippen molar-refractivity contribution in [1.29, 1.82) is 0 Å². The maximum absolute atomic E-state index is 6.00. The summed E-state index contributed by atoms with van der Waals surface area (Å²) in [6, 6.07) is 18.1. The summed E-state index contributed by atoms with van der Waals surface area (Å²) in [5, 5.41) is 0.977. The molecule has 2 aromatic carbocycles. The van der Waals surface area contributed by atoms with E-state index in [0.29, 0.717) is 5.92 Å². The molecule has 2 aromatic heterocycles. The minimum atomic E-state index is 0.292. The van der Waals surface area contributed by atoms with Crippen LogP contribution in [0.3, 0.4) is 0 Å². The van der Waals surface area contributed by atoms with Crippen LogP contribution in [0.25, 0.3) is 22.5 Å². The van der Waals surface area contributed by atoms with E-state index in [4.69, 9.17) is 14.4 Å². The van der Waals surface area contributed by atoms with E-state index in [1.807, 2.05) is 54.6 Å². The maximum Gasteiger partial charge on any atom is 0.205 e. The quantitative estimate of drug-likeness (QED) is 0.527. The second-order valence-corrected chi connectivity index (χ2v) is 7.30. The van der Waals surface area contributed by atoms with Crippen LogP contribution < -0.4 is 4.90 Å². The lowest BCUT2D eigenvalue weighted by Crippen LogP contribution is -2.34. The number of hydrogen-bond acceptors (Lipinski definition) is 6. The number of piperidine rings is 1. The van der Waals surface area contributed by atoms with Gasteiger partial charge in [-0.2, -0.15) is 9.36 Å². The van der Waals surface area contributed by atoms with Crippen LogP contribution in [0.5, 0.6) is 0 Å². The first-order valence-corrected chi connectivity index (χ1v) is 9.64. The van der Waals surface area contributed by atoms with E-state index in [2.05, 4.69) is 9.27 Å². The van der Waals surface area contributed by atoms with Gasteiger partial charge in [0.2, 0.25) is 5.13 Å². The number of rotatable bonds is 3. The Morgan fingerprint density at radius 1 is 1.00 bits per heavy atom. The zero-order valence-corrected chi connectivity index (χ0v) is 15.0. The lowest BCUT2D eigenvalue weighted by atomic mass is 9.98. The van der Waals surface area contributed by atoms with Crippen LogP contribution in [-0.2, 0) is 0 Å². The monoisotopic (exact) mass is 362 g/mol. The Labute approximate surface area is 155 Å². The van der Waals surface area contributed by atoms with Crippen molar-refractivity contribution in [2.45, 2.75) is 18.8 Å². The van der Waals surface area contributed by atoms with Gasteiger partial charge in [-0.1, -0.05) is 42.5 Å². The smallest absolute Gasteiger partial charge is 0.205 e. The van der Waals surface area contributed by atoms with Crippen molar-refractivity contribution in [3.63, 3.8) is 0 Å². The van der Waals surface area contributed by atoms with Crippen molar-refractivity contribution in [2.75, 3.05) is 18.0 Å². The third kappa shape index (κ3) is 2.86. The van der Waals surface area contributed by atoms with Gasteiger partial charge in [-0.3, -0.25) is 0 Å². The van der Waals surface area contributed by atoms with Crippen molar-refractivity contribution in [3.8, 4) is 11.4 Å². The van der Waals surface area contributed by atoms with Gasteiger partial charge in [-0.25, -0.2) is 4.98 Å². The number of benzene rings is 2. The lowest BCUT2D eigenvalue weighted by molar-refractivity contribution is 0.413. The van der Waals surface area contributed by atoms with Crippen LogP contribution in [0.2, 0.25) is 0 Å². The number of fused-ring (bicyclic) bond motifs is 1. The highest BCUT2D eigenvalue weighted by atomic mass is 32.1. The molecule has 4 aromatic rings. The van der Waals surface area contributed by atoms with Gasteiger partial charge < -0.3 is 9.32 Å². The average Bonchev–Trinajstić information content (AvgIpc) is 3.36. The molecule has 1 fully saturated rings. The van der Waals surface area contributed by atoms with Crippen molar-refractivity contribution < 1.29 is 4.42 Å². The molecule has 5 nitrogen and oxygen atoms in total. The molecule has 0 radical (unpaired) electrons. The van der Waals surface area contributed by atoms with Crippen molar-refractivity contribution in [2.24, 2.45) is 0 Å². The van der Waals surface area contributed by atoms with Gasteiger partial charge in [0, 0.05) is 30.2 Å². The molecule has 0 bridgehead atoms. The van der Waals surface area contributed by atoms with E-state index in [-0.39, 0.29) is 0 Å². The average molecular weight is 362 g/mol. The van der Waals surface area contributed by atoms with E-state index in [1.54, 1.807) is 0 Å². The lowest BCUT2D eigenvalue weighted by Gasteiger charge is -2.30. The summed E-state index contributed by atoms with van der Waals surface area (Å²) in [6.45, 7) is 1.87. The molecule has 1 unspecified atom stereocenters. The summed E-state index contributed by atoms with van der Waals surface area (Å²) < 4.78 is 10.5. The fraction of sp³-hybridized carbons (Fsp3) is 0.250. The standard InChI is InChI=1S/C20H18N4OS/c1-2-7-14(8-3-1)18-22-20(26-23-18)24-12-6-9-15(13-24)19-21-16-10-4-5-11-17(16)25-19/h1-5,7-8,10-11,15H,6,9,12-13H2. The highest BCUT2D eigenvalue weighted by molar-refractivity contribution is 7.09. The molecule has 1 saturated heterocycles. The highest BCUT2D eigenvalue weighted by Crippen LogP contribution is 2.33. The zero-order valence-electron chi connectivity index (χ0n) is 14.2. The summed E-state index contributed by atoms with van der Waals surface area (Å²) in [5.74, 6) is 1.93. The van der Waals surface area contributed by atoms with Crippen LogP contribution in [-0.4, -0.2) is 27.4 Å². The molecule has 130 valence electrons. The molecule has 0 amide bonds. The molecule has 1 atom stereocenters. The van der Waals surface area contributed by atoms with Crippen LogP contribution in [0.15, 0.2) is 59.0 Å². The minimum absolute atomic E-state index is 0.292. The SMILES string of the molecule is c1ccc(-c2nsc(N3CCCC(c4nc5ccccc5o4)C3)n2)cc1. The summed E-state index contributed by atoms with van der Waals surface area (Å²) in [4.78, 5) is 11.8. The predicted molar refractivity (Wildman–Crippen MR) is 104 cm³/mol. The molecule has 1 aliphatic rings. The fourth-order valence-corrected chi connectivity index (χ4v) is 4.19. The molecule has 3 heterocycles. The molecule has 6 heteroatoms. The van der Waals surface area contributed by atoms with E-state index in [9.17, 15) is 0 Å². The molecule has 0 spiro atoms. The van der Waals surface area contributed by atoms with Crippen LogP contribution in [0.1, 0.15) is 24.7 Å². The summed E-state index contributed by atoms with van der Waals surface area (Å²) in [7, 11) is 0. The Kier molecular flexibility index (Phi) is 3.90. The molecule has 0 N–H and O–H groups in total. The van der Waals surface area contributed by atoms with E-state index in [0.717, 1.165) is 59.4 Å². The molecular weight excluding hydrogens is 344 g/mol. The van der Waals surface area contributed by atoms with Crippen LogP contribution in [0.4, 0.5) is 5.13 Å². The van der Waals surface area contributed by atoms with Gasteiger partial charge in [-0.15, -0.1) is 0 Å². The van der Waals surface area contributed by atoms with Gasteiger partial charge in [0.1, 0.15) is 5.52 Å². The first-order valence-electron chi connectivity index (χ1n) is 8.86. The Morgan fingerprint density at radius 3 is 2.73 bits per heavy atom. The Morgan fingerprint density at radius 2 is 1.85 bits per heavy atom. The minimum Gasteiger partial charge on any atom is -0.440 e. The molecular formula is C20H18N4OS. The molecule has 0 saturated carbocycles. The Hall–Kier alpha value is -2.73. The van der Waals surface area contributed by atoms with Crippen LogP contribution >= 0.6 is 11.5 Å². The van der Waals surface area contributed by atoms with Crippen molar-refractivity contribution >= 4 is 27.8 Å². The zero-order chi connectivity index (χ0) is 17.3. The number of anilines is 1. The van der Waals surface area contributed by atoms with Crippen LogP contribution in [0, 0.1) is 0 Å². The second kappa shape index (κ2) is 6.53. The van der Waals surface area contributed by atoms with E-state index in [1.165, 1.54) is 11.5 Å². The first-order chi connectivity index (χ1) is 12.9. The van der Waals surface area contributed by atoms with E-state index < -0.39 is 0 Å². The fourth-order valence-electron chi connectivity index (χ4n) is 3.47. The summed E-state index contributed by atoms with van der Waals surface area (Å²) >= 11 is 1.47. The second-order valence-electron chi connectivity index (χ2n) is 6.57. The Bertz CT molecular complexity index is 993. The first kappa shape index (κ1) is 15.5. The largest absolute Gasteiger partial charge is 0.440 e. The van der Waals surface area contributed by atoms with Gasteiger partial charge in [0.15, 0.2) is 17.3 Å². The van der Waals surface area contributed by atoms with Gasteiger partial charge >= 0.3 is 0 Å². The van der Waals surface area contributed by atoms with Crippen molar-refractivity contribution in [3.05, 3.63) is 60.5 Å². The summed E-state index contributed by atoms with van der Waals surface area (Å²) in [6.07, 6.45) is 2.19. The highest BCUT2D eigenvalue weighted by Gasteiger charge is 2.27. The Balaban J connectivity index is 1.38. The van der Waals surface area contributed by atoms with Gasteiger partial charge in [0.25, 0.3) is 0 Å². The number of oxazole rings is 1. The topological polar surface area (TPSA) is 55.1 Å². The number of aromatic nitrogens is 3. The maximum atomic E-state index is 6.00. The molecule has 1 aliphatic heterocycles. The van der Waals surface area contributed by atoms with Gasteiger partial charge in [0.05, 0.1) is 5.92 Å². The normalized spacial score (nSPS) is 17.7. The predicted octanol–water partition coefficient (Wildman–Crippen LogP) is 4.73. The molecule has 26 heavy (non-hydrogen) atoms. The molecule has 0 aliphatic carbocycles. The van der Waals surface area contributed by atoms with Crippen molar-refractivity contribution in [1.82, 2.24) is 14.3 Å². The van der Waals surface area contributed by atoms with E-state index >= 15 is 0 Å². The van der Waals surface area contributed by atoms with Gasteiger partial charge in [-0.05, 0) is 25.0 Å². The third-order valence-corrected chi connectivity index (χ3v) is 5.58. The summed E-state index contributed by atoms with van der Waals surface area (Å²) in [5.41, 5.74) is 2.85. The molecule has 5 rings (SSSR count). The number of hydrogen-bond donors (Lipinski definition) is 0. The number of para-hydroxylation sites is 2. The third-order valence-electron chi connectivity index (χ3n) is 4.80.